The van der Waals surface area contributed by atoms with Crippen LogP contribution in [0.3, 0.4) is 0 Å². The van der Waals surface area contributed by atoms with Crippen molar-refractivity contribution in [3.63, 3.8) is 0 Å². The fourth-order valence-corrected chi connectivity index (χ4v) is 1.22. The Hall–Kier alpha value is -0.380. The molecular formula is C6H3Cl2NOS. The lowest BCUT2D eigenvalue weighted by Crippen LogP contribution is -1.68. The van der Waals surface area contributed by atoms with E-state index < -0.39 is 0 Å². The maximum atomic E-state index is 10.0. The molecule has 58 valence electrons. The van der Waals surface area contributed by atoms with Gasteiger partial charge in [-0.2, -0.15) is 8.57 Å². The zero-order valence-corrected chi connectivity index (χ0v) is 7.58. The highest BCUT2D eigenvalue weighted by Gasteiger charge is 2.01. The third-order valence-electron chi connectivity index (χ3n) is 1.07. The van der Waals surface area contributed by atoms with E-state index in [9.17, 15) is 4.21 Å². The molecule has 0 radical (unpaired) electrons. The predicted molar refractivity (Wildman–Crippen MR) is 46.7 cm³/mol. The highest BCUT2D eigenvalue weighted by molar-refractivity contribution is 7.54. The fourth-order valence-electron chi connectivity index (χ4n) is 0.603. The monoisotopic (exact) mass is 207 g/mol. The lowest BCUT2D eigenvalue weighted by atomic mass is 10.3. The van der Waals surface area contributed by atoms with Crippen molar-refractivity contribution in [1.82, 2.24) is 0 Å². The summed E-state index contributed by atoms with van der Waals surface area (Å²) < 4.78 is 13.5. The van der Waals surface area contributed by atoms with Gasteiger partial charge in [0.1, 0.15) is 0 Å². The summed E-state index contributed by atoms with van der Waals surface area (Å²) in [4.78, 5) is 0. The van der Waals surface area contributed by atoms with E-state index in [2.05, 4.69) is 4.36 Å². The molecule has 1 aromatic rings. The van der Waals surface area contributed by atoms with Gasteiger partial charge in [0.25, 0.3) is 0 Å². The summed E-state index contributed by atoms with van der Waals surface area (Å²) in [7, 11) is 0. The largest absolute Gasteiger partial charge is 0.205 e. The molecule has 0 amide bonds. The molecule has 1 aromatic carbocycles. The Morgan fingerprint density at radius 2 is 2.09 bits per heavy atom. The van der Waals surface area contributed by atoms with Crippen LogP contribution < -0.4 is 0 Å². The summed E-state index contributed by atoms with van der Waals surface area (Å²) in [5, 5.41) is 0.722. The first kappa shape index (κ1) is 8.71. The number of hydrogen-bond donors (Lipinski definition) is 0. The lowest BCUT2D eigenvalue weighted by Gasteiger charge is -1.95. The molecule has 0 saturated carbocycles. The van der Waals surface area contributed by atoms with Crippen LogP contribution >= 0.6 is 23.2 Å². The van der Waals surface area contributed by atoms with Crippen LogP contribution in [-0.4, -0.2) is 4.21 Å². The second kappa shape index (κ2) is 3.85. The minimum atomic E-state index is 0.110. The van der Waals surface area contributed by atoms with Crippen LogP contribution in [0.1, 0.15) is 0 Å². The fraction of sp³-hybridized carbons (Fsp3) is 0. The molecule has 5 heteroatoms. The molecule has 1 rings (SSSR count). The van der Waals surface area contributed by atoms with Crippen molar-refractivity contribution in [3.05, 3.63) is 28.2 Å². The molecule has 0 aromatic heterocycles. The Kier molecular flexibility index (Phi) is 3.05. The molecule has 0 heterocycles. The van der Waals surface area contributed by atoms with Gasteiger partial charge in [-0.3, -0.25) is 0 Å². The van der Waals surface area contributed by atoms with E-state index in [-0.39, 0.29) is 11.5 Å². The van der Waals surface area contributed by atoms with E-state index in [1.807, 2.05) is 0 Å². The van der Waals surface area contributed by atoms with Gasteiger partial charge in [0.05, 0.1) is 15.7 Å². The molecule has 11 heavy (non-hydrogen) atoms. The Bertz CT molecular complexity index is 322. The second-order valence-electron chi connectivity index (χ2n) is 1.74. The third kappa shape index (κ3) is 2.02. The van der Waals surface area contributed by atoms with Gasteiger partial charge in [-0.25, -0.2) is 0 Å². The molecule has 2 nitrogen and oxygen atoms in total. The van der Waals surface area contributed by atoms with Crippen LogP contribution in [0.15, 0.2) is 22.6 Å². The average Bonchev–Trinajstić information content (AvgIpc) is 1.99. The topological polar surface area (TPSA) is 29.4 Å². The first-order valence-corrected chi connectivity index (χ1v) is 4.15. The smallest absolute Gasteiger partial charge is 0.191 e. The van der Waals surface area contributed by atoms with Crippen LogP contribution in [0.5, 0.6) is 0 Å². The quantitative estimate of drug-likeness (QED) is 0.697. The highest BCUT2D eigenvalue weighted by Crippen LogP contribution is 2.31. The number of rotatable bonds is 1. The maximum absolute atomic E-state index is 10.0. The first-order chi connectivity index (χ1) is 5.25. The normalized spacial score (nSPS) is 9.27. The van der Waals surface area contributed by atoms with Crippen LogP contribution in [0.25, 0.3) is 0 Å². The SMILES string of the molecule is O=S=Nc1cccc(Cl)c1Cl. The van der Waals surface area contributed by atoms with E-state index in [0.717, 1.165) is 0 Å². The van der Waals surface area contributed by atoms with Crippen molar-refractivity contribution in [1.29, 1.82) is 0 Å². The van der Waals surface area contributed by atoms with Crippen molar-refractivity contribution >= 4 is 40.4 Å². The zero-order valence-electron chi connectivity index (χ0n) is 5.25. The van der Waals surface area contributed by atoms with E-state index >= 15 is 0 Å². The van der Waals surface area contributed by atoms with Crippen LogP contribution in [-0.2, 0) is 11.5 Å². The molecule has 0 fully saturated rings. The van der Waals surface area contributed by atoms with E-state index in [4.69, 9.17) is 23.2 Å². The van der Waals surface area contributed by atoms with Gasteiger partial charge in [0.15, 0.2) is 0 Å². The van der Waals surface area contributed by atoms with Crippen molar-refractivity contribution in [3.8, 4) is 0 Å². The maximum Gasteiger partial charge on any atom is 0.205 e. The summed E-state index contributed by atoms with van der Waals surface area (Å²) in [5.74, 6) is 0. The van der Waals surface area contributed by atoms with Gasteiger partial charge < -0.3 is 0 Å². The van der Waals surface area contributed by atoms with Gasteiger partial charge in [0.2, 0.25) is 11.5 Å². The van der Waals surface area contributed by atoms with Gasteiger partial charge in [-0.1, -0.05) is 29.3 Å². The Morgan fingerprint density at radius 1 is 1.36 bits per heavy atom. The van der Waals surface area contributed by atoms with Crippen molar-refractivity contribution in [2.75, 3.05) is 0 Å². The van der Waals surface area contributed by atoms with Gasteiger partial charge in [0, 0.05) is 0 Å². The Balaban J connectivity index is 3.26. The van der Waals surface area contributed by atoms with Crippen LogP contribution in [0.4, 0.5) is 5.69 Å². The summed E-state index contributed by atoms with van der Waals surface area (Å²) in [6, 6.07) is 4.95. The minimum Gasteiger partial charge on any atom is -0.191 e. The minimum absolute atomic E-state index is 0.110. The number of benzene rings is 1. The van der Waals surface area contributed by atoms with E-state index in [1.54, 1.807) is 18.2 Å². The number of nitrogens with zero attached hydrogens (tertiary/aromatic N) is 1. The van der Waals surface area contributed by atoms with Gasteiger partial charge >= 0.3 is 0 Å². The molecule has 0 bridgehead atoms. The molecule has 0 saturated heterocycles. The van der Waals surface area contributed by atoms with Crippen molar-refractivity contribution in [2.45, 2.75) is 0 Å². The average molecular weight is 208 g/mol. The van der Waals surface area contributed by atoms with E-state index in [0.29, 0.717) is 15.7 Å². The third-order valence-corrected chi connectivity index (χ3v) is 2.15. The molecule has 0 aliphatic heterocycles. The lowest BCUT2D eigenvalue weighted by molar-refractivity contribution is 0.698. The van der Waals surface area contributed by atoms with Gasteiger partial charge in [-0.15, -0.1) is 0 Å². The molecule has 0 spiro atoms. The molecule has 0 aliphatic carbocycles. The van der Waals surface area contributed by atoms with Crippen molar-refractivity contribution in [2.24, 2.45) is 4.36 Å². The standard InChI is InChI=1S/C6H3Cl2NOS/c7-4-2-1-3-5(6(4)8)9-11-10/h1-3H. The predicted octanol–water partition coefficient (Wildman–Crippen LogP) is 3.02. The Labute approximate surface area is 77.4 Å². The molecule has 0 atom stereocenters. The van der Waals surface area contributed by atoms with E-state index in [1.165, 1.54) is 0 Å². The molecule has 0 N–H and O–H groups in total. The summed E-state index contributed by atoms with van der Waals surface area (Å²) in [6.07, 6.45) is 0. The van der Waals surface area contributed by atoms with Gasteiger partial charge in [-0.05, 0) is 12.1 Å². The number of halogens is 2. The Morgan fingerprint density at radius 3 is 2.73 bits per heavy atom. The molecule has 0 aliphatic rings. The van der Waals surface area contributed by atoms with Crippen LogP contribution in [0.2, 0.25) is 10.0 Å². The summed E-state index contributed by atoms with van der Waals surface area (Å²) in [5.41, 5.74) is 0.416. The molecular weight excluding hydrogens is 205 g/mol. The van der Waals surface area contributed by atoms with Crippen LogP contribution in [0, 0.1) is 0 Å². The highest BCUT2D eigenvalue weighted by atomic mass is 35.5. The first-order valence-electron chi connectivity index (χ1n) is 2.69. The summed E-state index contributed by atoms with van der Waals surface area (Å²) >= 11 is 11.4. The number of hydrogen-bond acceptors (Lipinski definition) is 2. The van der Waals surface area contributed by atoms with Crippen molar-refractivity contribution < 1.29 is 4.21 Å². The molecule has 0 unspecified atom stereocenters. The zero-order chi connectivity index (χ0) is 8.27. The second-order valence-corrected chi connectivity index (χ2v) is 2.86. The summed E-state index contributed by atoms with van der Waals surface area (Å²) in [6.45, 7) is 0.